The largest absolute Gasteiger partial charge is 0.370 e. The Morgan fingerprint density at radius 1 is 1.39 bits per heavy atom. The number of amides is 3. The third-order valence-corrected chi connectivity index (χ3v) is 3.13. The minimum atomic E-state index is -0.724. The highest BCUT2D eigenvalue weighted by molar-refractivity contribution is 6.37. The Labute approximate surface area is 114 Å². The van der Waals surface area contributed by atoms with E-state index in [4.69, 9.17) is 27.9 Å². The average Bonchev–Trinajstić information content (AvgIpc) is 2.34. The zero-order chi connectivity index (χ0) is 13.3. The number of methoxy groups -OCH3 is 1. The summed E-state index contributed by atoms with van der Waals surface area (Å²) in [5, 5.41) is 3.20. The van der Waals surface area contributed by atoms with Gasteiger partial charge in [0.25, 0.3) is 5.91 Å². The van der Waals surface area contributed by atoms with Crippen molar-refractivity contribution in [1.29, 1.82) is 0 Å². The molecule has 1 aliphatic rings. The number of urea groups is 1. The van der Waals surface area contributed by atoms with E-state index >= 15 is 0 Å². The Morgan fingerprint density at radius 2 is 2.11 bits per heavy atom. The van der Waals surface area contributed by atoms with Gasteiger partial charge in [-0.1, -0.05) is 23.2 Å². The number of ether oxygens (including phenoxy) is 1. The van der Waals surface area contributed by atoms with Gasteiger partial charge in [-0.25, -0.2) is 9.69 Å². The van der Waals surface area contributed by atoms with Gasteiger partial charge in [-0.2, -0.15) is 0 Å². The van der Waals surface area contributed by atoms with Crippen LogP contribution in [0, 0.1) is 0 Å². The lowest BCUT2D eigenvalue weighted by Gasteiger charge is -2.30. The quantitative estimate of drug-likeness (QED) is 0.906. The maximum absolute atomic E-state index is 12.1. The number of carbonyl (C=O) groups excluding carboxylic acids is 2. The molecule has 96 valence electrons. The van der Waals surface area contributed by atoms with E-state index in [1.807, 2.05) is 0 Å². The van der Waals surface area contributed by atoms with Gasteiger partial charge in [-0.3, -0.25) is 4.79 Å². The van der Waals surface area contributed by atoms with Gasteiger partial charge in [0.15, 0.2) is 6.10 Å². The molecule has 1 aliphatic heterocycles. The summed E-state index contributed by atoms with van der Waals surface area (Å²) in [5.41, 5.74) is 0.244. The number of rotatable bonds is 2. The summed E-state index contributed by atoms with van der Waals surface area (Å²) in [7, 11) is 1.40. The summed E-state index contributed by atoms with van der Waals surface area (Å²) < 4.78 is 4.99. The van der Waals surface area contributed by atoms with Crippen molar-refractivity contribution in [3.63, 3.8) is 0 Å². The fourth-order valence-electron chi connectivity index (χ4n) is 1.66. The first kappa shape index (κ1) is 13.1. The van der Waals surface area contributed by atoms with Crippen molar-refractivity contribution in [3.05, 3.63) is 28.2 Å². The Bertz CT molecular complexity index is 507. The molecule has 1 heterocycles. The van der Waals surface area contributed by atoms with Crippen molar-refractivity contribution in [2.75, 3.05) is 18.6 Å². The summed E-state index contributed by atoms with van der Waals surface area (Å²) in [6.07, 6.45) is -0.724. The molecule has 0 spiro atoms. The summed E-state index contributed by atoms with van der Waals surface area (Å²) in [5.74, 6) is -0.467. The maximum Gasteiger partial charge on any atom is 0.328 e. The van der Waals surface area contributed by atoms with Crippen LogP contribution in [0.5, 0.6) is 0 Å². The van der Waals surface area contributed by atoms with E-state index in [1.54, 1.807) is 6.07 Å². The molecule has 18 heavy (non-hydrogen) atoms. The molecule has 0 bridgehead atoms. The van der Waals surface area contributed by atoms with Crippen molar-refractivity contribution in [3.8, 4) is 0 Å². The minimum absolute atomic E-state index is 0.142. The van der Waals surface area contributed by atoms with Crippen LogP contribution in [-0.4, -0.2) is 31.7 Å². The van der Waals surface area contributed by atoms with Gasteiger partial charge in [-0.05, 0) is 18.2 Å². The van der Waals surface area contributed by atoms with Gasteiger partial charge in [0, 0.05) is 12.1 Å². The molecule has 5 nitrogen and oxygen atoms in total. The molecule has 1 aromatic rings. The first-order valence-corrected chi connectivity index (χ1v) is 5.90. The summed E-state index contributed by atoms with van der Waals surface area (Å²) >= 11 is 11.8. The molecule has 0 aliphatic carbocycles. The lowest BCUT2D eigenvalue weighted by molar-refractivity contribution is -0.128. The molecule has 3 amide bonds. The number of nitrogens with one attached hydrogen (secondary N) is 1. The molecule has 7 heteroatoms. The van der Waals surface area contributed by atoms with Crippen LogP contribution in [-0.2, 0) is 9.53 Å². The topological polar surface area (TPSA) is 58.6 Å². The van der Waals surface area contributed by atoms with E-state index in [9.17, 15) is 9.59 Å². The summed E-state index contributed by atoms with van der Waals surface area (Å²) in [6.45, 7) is 0.142. The third-order valence-electron chi connectivity index (χ3n) is 2.57. The van der Waals surface area contributed by atoms with Gasteiger partial charge in [0.1, 0.15) is 0 Å². The van der Waals surface area contributed by atoms with E-state index in [0.29, 0.717) is 5.02 Å². The van der Waals surface area contributed by atoms with Crippen molar-refractivity contribution in [2.24, 2.45) is 0 Å². The highest BCUT2D eigenvalue weighted by Crippen LogP contribution is 2.30. The highest BCUT2D eigenvalue weighted by Gasteiger charge is 2.36. The second kappa shape index (κ2) is 5.14. The monoisotopic (exact) mass is 288 g/mol. The zero-order valence-corrected chi connectivity index (χ0v) is 11.0. The average molecular weight is 289 g/mol. The standard InChI is InChI=1S/C11H10Cl2N2O3/c1-18-9-5-14-11(17)15(10(9)16)8-4-6(12)2-3-7(8)13/h2-4,9H,5H2,1H3,(H,14,17). The Balaban J connectivity index is 2.43. The molecular weight excluding hydrogens is 279 g/mol. The van der Waals surface area contributed by atoms with Crippen LogP contribution in [0.25, 0.3) is 0 Å². The predicted molar refractivity (Wildman–Crippen MR) is 68.1 cm³/mol. The number of carbonyl (C=O) groups is 2. The fourth-order valence-corrected chi connectivity index (χ4v) is 2.03. The molecule has 1 aromatic carbocycles. The SMILES string of the molecule is COC1CNC(=O)N(c2cc(Cl)ccc2Cl)C1=O. The van der Waals surface area contributed by atoms with Crippen LogP contribution in [0.2, 0.25) is 10.0 Å². The third kappa shape index (κ3) is 2.29. The smallest absolute Gasteiger partial charge is 0.328 e. The molecule has 1 unspecified atom stereocenters. The number of hydrogen-bond donors (Lipinski definition) is 1. The lowest BCUT2D eigenvalue weighted by Crippen LogP contribution is -2.58. The molecule has 0 aromatic heterocycles. The van der Waals surface area contributed by atoms with E-state index in [1.165, 1.54) is 19.2 Å². The highest BCUT2D eigenvalue weighted by atomic mass is 35.5. The van der Waals surface area contributed by atoms with Crippen molar-refractivity contribution in [2.45, 2.75) is 6.10 Å². The first-order valence-electron chi connectivity index (χ1n) is 5.14. The van der Waals surface area contributed by atoms with E-state index < -0.39 is 18.0 Å². The first-order chi connectivity index (χ1) is 8.54. The Morgan fingerprint density at radius 3 is 2.78 bits per heavy atom. The van der Waals surface area contributed by atoms with Crippen LogP contribution >= 0.6 is 23.2 Å². The van der Waals surface area contributed by atoms with E-state index in [0.717, 1.165) is 4.90 Å². The van der Waals surface area contributed by atoms with Crippen LogP contribution in [0.4, 0.5) is 10.5 Å². The maximum atomic E-state index is 12.1. The number of anilines is 1. The Kier molecular flexibility index (Phi) is 3.75. The summed E-state index contributed by atoms with van der Waals surface area (Å²) in [4.78, 5) is 24.8. The van der Waals surface area contributed by atoms with E-state index in [2.05, 4.69) is 5.32 Å². The zero-order valence-electron chi connectivity index (χ0n) is 9.44. The normalized spacial score (nSPS) is 19.9. The van der Waals surface area contributed by atoms with Crippen LogP contribution in [0.15, 0.2) is 18.2 Å². The summed E-state index contributed by atoms with van der Waals surface area (Å²) in [6, 6.07) is 4.01. The minimum Gasteiger partial charge on any atom is -0.370 e. The van der Waals surface area contributed by atoms with Crippen LogP contribution in [0.3, 0.4) is 0 Å². The molecule has 1 atom stereocenters. The van der Waals surface area contributed by atoms with Gasteiger partial charge in [0.05, 0.1) is 17.3 Å². The van der Waals surface area contributed by atoms with Gasteiger partial charge < -0.3 is 10.1 Å². The fraction of sp³-hybridized carbons (Fsp3) is 0.273. The number of benzene rings is 1. The van der Waals surface area contributed by atoms with Crippen molar-refractivity contribution < 1.29 is 14.3 Å². The van der Waals surface area contributed by atoms with Crippen LogP contribution in [0.1, 0.15) is 0 Å². The number of nitrogens with zero attached hydrogens (tertiary/aromatic N) is 1. The van der Waals surface area contributed by atoms with Gasteiger partial charge in [0.2, 0.25) is 0 Å². The van der Waals surface area contributed by atoms with Gasteiger partial charge in [-0.15, -0.1) is 0 Å². The number of imide groups is 1. The lowest BCUT2D eigenvalue weighted by atomic mass is 10.2. The number of hydrogen-bond acceptors (Lipinski definition) is 3. The Hall–Kier alpha value is -1.30. The van der Waals surface area contributed by atoms with Crippen molar-refractivity contribution >= 4 is 40.8 Å². The molecule has 1 saturated heterocycles. The van der Waals surface area contributed by atoms with E-state index in [-0.39, 0.29) is 17.3 Å². The van der Waals surface area contributed by atoms with Crippen LogP contribution < -0.4 is 10.2 Å². The molecule has 0 saturated carbocycles. The molecule has 2 rings (SSSR count). The predicted octanol–water partition coefficient (Wildman–Crippen LogP) is 2.06. The van der Waals surface area contributed by atoms with Gasteiger partial charge >= 0.3 is 6.03 Å². The molecular formula is C11H10Cl2N2O3. The second-order valence-corrected chi connectivity index (χ2v) is 4.52. The molecule has 1 fully saturated rings. The molecule has 1 N–H and O–H groups in total. The second-order valence-electron chi connectivity index (χ2n) is 3.68. The molecule has 0 radical (unpaired) electrons. The van der Waals surface area contributed by atoms with Crippen molar-refractivity contribution in [1.82, 2.24) is 5.32 Å². The number of halogens is 2.